The summed E-state index contributed by atoms with van der Waals surface area (Å²) in [6.45, 7) is 17.3. The summed E-state index contributed by atoms with van der Waals surface area (Å²) in [6.07, 6.45) is -0.318. The standard InChI is InChI=1S/C18H39N5O2/c1-14(2)23(15(3)4)13-11-21-16(19-8)20-10-12-22(9)17(24)25-18(5,6)7/h14-15H,10-13H2,1-9H3,(H2,19,20,21). The van der Waals surface area contributed by atoms with Gasteiger partial charge in [-0.2, -0.15) is 0 Å². The summed E-state index contributed by atoms with van der Waals surface area (Å²) in [5.74, 6) is 0.741. The Morgan fingerprint density at radius 1 is 1.04 bits per heavy atom. The minimum Gasteiger partial charge on any atom is -0.444 e. The maximum Gasteiger partial charge on any atom is 0.410 e. The Bertz CT molecular complexity index is 408. The van der Waals surface area contributed by atoms with Crippen molar-refractivity contribution in [3.63, 3.8) is 0 Å². The van der Waals surface area contributed by atoms with E-state index in [1.165, 1.54) is 0 Å². The Hall–Kier alpha value is -1.50. The maximum atomic E-state index is 11.9. The smallest absolute Gasteiger partial charge is 0.410 e. The Balaban J connectivity index is 4.17. The van der Waals surface area contributed by atoms with Crippen LogP contribution in [0.1, 0.15) is 48.5 Å². The average Bonchev–Trinajstić information content (AvgIpc) is 2.46. The summed E-state index contributed by atoms with van der Waals surface area (Å²) in [5.41, 5.74) is -0.477. The van der Waals surface area contributed by atoms with E-state index >= 15 is 0 Å². The monoisotopic (exact) mass is 357 g/mol. The van der Waals surface area contributed by atoms with Crippen molar-refractivity contribution >= 4 is 12.1 Å². The SMILES string of the molecule is CN=C(NCCN(C)C(=O)OC(C)(C)C)NCCN(C(C)C)C(C)C. The number of carbonyl (C=O) groups is 1. The molecule has 0 aromatic heterocycles. The number of nitrogens with one attached hydrogen (secondary N) is 2. The number of amides is 1. The van der Waals surface area contributed by atoms with E-state index in [0.717, 1.165) is 19.0 Å². The quantitative estimate of drug-likeness (QED) is 0.514. The highest BCUT2D eigenvalue weighted by Crippen LogP contribution is 2.08. The van der Waals surface area contributed by atoms with Crippen molar-refractivity contribution in [1.82, 2.24) is 20.4 Å². The number of hydrogen-bond acceptors (Lipinski definition) is 4. The summed E-state index contributed by atoms with van der Waals surface area (Å²) in [5, 5.41) is 6.53. The second kappa shape index (κ2) is 11.2. The van der Waals surface area contributed by atoms with Gasteiger partial charge in [-0.1, -0.05) is 0 Å². The van der Waals surface area contributed by atoms with E-state index < -0.39 is 5.60 Å². The Morgan fingerprint density at radius 3 is 1.92 bits per heavy atom. The van der Waals surface area contributed by atoms with Crippen LogP contribution >= 0.6 is 0 Å². The van der Waals surface area contributed by atoms with E-state index in [1.54, 1.807) is 19.0 Å². The molecule has 0 atom stereocenters. The minimum atomic E-state index is -0.477. The molecular weight excluding hydrogens is 318 g/mol. The zero-order chi connectivity index (χ0) is 19.6. The molecule has 0 saturated heterocycles. The first-order valence-corrected chi connectivity index (χ1v) is 9.12. The molecule has 0 aliphatic rings. The number of hydrogen-bond donors (Lipinski definition) is 2. The molecule has 0 heterocycles. The summed E-state index contributed by atoms with van der Waals surface area (Å²) < 4.78 is 5.33. The Morgan fingerprint density at radius 2 is 1.52 bits per heavy atom. The highest BCUT2D eigenvalue weighted by atomic mass is 16.6. The van der Waals surface area contributed by atoms with Crippen LogP contribution in [0.2, 0.25) is 0 Å². The van der Waals surface area contributed by atoms with Gasteiger partial charge in [0.15, 0.2) is 5.96 Å². The number of nitrogens with zero attached hydrogens (tertiary/aromatic N) is 3. The van der Waals surface area contributed by atoms with Crippen LogP contribution in [0.5, 0.6) is 0 Å². The zero-order valence-corrected chi connectivity index (χ0v) is 17.6. The van der Waals surface area contributed by atoms with E-state index in [-0.39, 0.29) is 6.09 Å². The molecule has 0 aliphatic heterocycles. The zero-order valence-electron chi connectivity index (χ0n) is 17.6. The number of rotatable bonds is 8. The van der Waals surface area contributed by atoms with Crippen LogP contribution in [-0.4, -0.2) is 79.8 Å². The van der Waals surface area contributed by atoms with Gasteiger partial charge >= 0.3 is 6.09 Å². The summed E-state index contributed by atoms with van der Waals surface area (Å²) >= 11 is 0. The lowest BCUT2D eigenvalue weighted by atomic mass is 10.2. The van der Waals surface area contributed by atoms with Gasteiger partial charge in [0.25, 0.3) is 0 Å². The van der Waals surface area contributed by atoms with Crippen molar-refractivity contribution in [3.05, 3.63) is 0 Å². The van der Waals surface area contributed by atoms with Gasteiger partial charge in [0, 0.05) is 52.4 Å². The van der Waals surface area contributed by atoms with Crippen molar-refractivity contribution in [3.8, 4) is 0 Å². The fourth-order valence-electron chi connectivity index (χ4n) is 2.41. The fourth-order valence-corrected chi connectivity index (χ4v) is 2.41. The molecule has 0 radical (unpaired) electrons. The molecule has 0 unspecified atom stereocenters. The van der Waals surface area contributed by atoms with Crippen molar-refractivity contribution in [2.75, 3.05) is 40.3 Å². The van der Waals surface area contributed by atoms with Gasteiger partial charge < -0.3 is 20.3 Å². The molecule has 7 nitrogen and oxygen atoms in total. The molecule has 1 amide bonds. The highest BCUT2D eigenvalue weighted by Gasteiger charge is 2.19. The van der Waals surface area contributed by atoms with Crippen LogP contribution in [0.4, 0.5) is 4.79 Å². The molecule has 0 aromatic carbocycles. The van der Waals surface area contributed by atoms with Crippen LogP contribution in [0.25, 0.3) is 0 Å². The maximum absolute atomic E-state index is 11.9. The lowest BCUT2D eigenvalue weighted by molar-refractivity contribution is 0.0302. The first-order valence-electron chi connectivity index (χ1n) is 9.12. The third-order valence-electron chi connectivity index (χ3n) is 3.66. The van der Waals surface area contributed by atoms with Crippen molar-refractivity contribution in [2.45, 2.75) is 66.2 Å². The summed E-state index contributed by atoms with van der Waals surface area (Å²) in [7, 11) is 3.48. The van der Waals surface area contributed by atoms with Gasteiger partial charge in [-0.25, -0.2) is 4.79 Å². The average molecular weight is 358 g/mol. The third-order valence-corrected chi connectivity index (χ3v) is 3.66. The van der Waals surface area contributed by atoms with Crippen LogP contribution in [0.3, 0.4) is 0 Å². The normalized spacial score (nSPS) is 12.7. The van der Waals surface area contributed by atoms with Gasteiger partial charge in [0.1, 0.15) is 5.60 Å². The Labute approximate surface area is 154 Å². The van der Waals surface area contributed by atoms with Gasteiger partial charge in [-0.05, 0) is 48.5 Å². The number of aliphatic imine (C=N–C) groups is 1. The second-order valence-corrected chi connectivity index (χ2v) is 7.75. The van der Waals surface area contributed by atoms with Crippen molar-refractivity contribution in [1.29, 1.82) is 0 Å². The van der Waals surface area contributed by atoms with E-state index in [0.29, 0.717) is 25.2 Å². The lowest BCUT2D eigenvalue weighted by Gasteiger charge is -2.30. The number of ether oxygens (including phenoxy) is 1. The first kappa shape index (κ1) is 23.5. The predicted octanol–water partition coefficient (Wildman–Crippen LogP) is 2.14. The molecule has 2 N–H and O–H groups in total. The molecular formula is C18H39N5O2. The van der Waals surface area contributed by atoms with Gasteiger partial charge in [0.2, 0.25) is 0 Å². The minimum absolute atomic E-state index is 0.318. The van der Waals surface area contributed by atoms with Crippen LogP contribution < -0.4 is 10.6 Å². The van der Waals surface area contributed by atoms with Crippen LogP contribution in [0, 0.1) is 0 Å². The summed E-state index contributed by atoms with van der Waals surface area (Å²) in [4.78, 5) is 20.1. The van der Waals surface area contributed by atoms with E-state index in [2.05, 4.69) is 48.2 Å². The van der Waals surface area contributed by atoms with Crippen LogP contribution in [0.15, 0.2) is 4.99 Å². The summed E-state index contributed by atoms with van der Waals surface area (Å²) in [6, 6.07) is 1.03. The molecule has 148 valence electrons. The first-order chi connectivity index (χ1) is 11.5. The molecule has 0 fully saturated rings. The molecule has 25 heavy (non-hydrogen) atoms. The molecule has 0 rings (SSSR count). The van der Waals surface area contributed by atoms with Crippen molar-refractivity contribution in [2.24, 2.45) is 4.99 Å². The Kier molecular flexibility index (Phi) is 10.5. The van der Waals surface area contributed by atoms with Gasteiger partial charge in [-0.15, -0.1) is 0 Å². The topological polar surface area (TPSA) is 69.2 Å². The largest absolute Gasteiger partial charge is 0.444 e. The number of guanidine groups is 1. The van der Waals surface area contributed by atoms with E-state index in [1.807, 2.05) is 20.8 Å². The van der Waals surface area contributed by atoms with Crippen molar-refractivity contribution < 1.29 is 9.53 Å². The van der Waals surface area contributed by atoms with E-state index in [4.69, 9.17) is 4.74 Å². The predicted molar refractivity (Wildman–Crippen MR) is 105 cm³/mol. The van der Waals surface area contributed by atoms with Crippen LogP contribution in [-0.2, 0) is 4.74 Å². The molecule has 0 aromatic rings. The third kappa shape index (κ3) is 10.9. The van der Waals surface area contributed by atoms with Gasteiger partial charge in [-0.3, -0.25) is 9.89 Å². The molecule has 0 bridgehead atoms. The van der Waals surface area contributed by atoms with Gasteiger partial charge in [0.05, 0.1) is 0 Å². The fraction of sp³-hybridized carbons (Fsp3) is 0.889. The second-order valence-electron chi connectivity index (χ2n) is 7.75. The lowest BCUT2D eigenvalue weighted by Crippen LogP contribution is -2.46. The molecule has 0 aliphatic carbocycles. The number of carbonyl (C=O) groups excluding carboxylic acids is 1. The molecule has 7 heteroatoms. The molecule has 0 spiro atoms. The molecule has 0 saturated carbocycles. The van der Waals surface area contributed by atoms with E-state index in [9.17, 15) is 4.79 Å². The number of likely N-dealkylation sites (N-methyl/N-ethyl adjacent to an activating group) is 1. The highest BCUT2D eigenvalue weighted by molar-refractivity contribution is 5.79.